The number of carbonyl (C=O) groups is 1. The van der Waals surface area contributed by atoms with Gasteiger partial charge in [-0.05, 0) is 38.4 Å². The van der Waals surface area contributed by atoms with E-state index in [1.807, 2.05) is 24.3 Å². The van der Waals surface area contributed by atoms with E-state index in [-0.39, 0.29) is 12.0 Å². The molecule has 3 heteroatoms. The molecule has 1 aromatic rings. The largest absolute Gasteiger partial charge is 0.481 e. The Balaban J connectivity index is 2.66. The van der Waals surface area contributed by atoms with Gasteiger partial charge in [0.25, 0.3) is 0 Å². The molecule has 1 aromatic carbocycles. The number of benzene rings is 1. The summed E-state index contributed by atoms with van der Waals surface area (Å²) in [5, 5.41) is 8.71. The molecule has 0 atom stereocenters. The highest BCUT2D eigenvalue weighted by atomic mass is 16.4. The van der Waals surface area contributed by atoms with Gasteiger partial charge < -0.3 is 5.11 Å². The molecule has 0 spiro atoms. The summed E-state index contributed by atoms with van der Waals surface area (Å²) in [5.41, 5.74) is 2.25. The van der Waals surface area contributed by atoms with Crippen molar-refractivity contribution < 1.29 is 9.90 Å². The first-order valence-corrected chi connectivity index (χ1v) is 6.36. The average Bonchev–Trinajstić information content (AvgIpc) is 2.31. The van der Waals surface area contributed by atoms with Gasteiger partial charge in [0.05, 0.1) is 6.42 Å². The Bertz CT molecular complexity index is 395. The van der Waals surface area contributed by atoms with Crippen molar-refractivity contribution in [2.75, 3.05) is 7.05 Å². The van der Waals surface area contributed by atoms with Crippen LogP contribution in [0, 0.1) is 0 Å². The lowest BCUT2D eigenvalue weighted by molar-refractivity contribution is -0.136. The number of hydrogen-bond acceptors (Lipinski definition) is 2. The monoisotopic (exact) mass is 249 g/mol. The van der Waals surface area contributed by atoms with Crippen molar-refractivity contribution in [2.24, 2.45) is 0 Å². The average molecular weight is 249 g/mol. The number of aliphatic carboxylic acids is 1. The zero-order valence-electron chi connectivity index (χ0n) is 11.7. The third-order valence-electron chi connectivity index (χ3n) is 3.70. The van der Waals surface area contributed by atoms with E-state index in [0.29, 0.717) is 0 Å². The third-order valence-corrected chi connectivity index (χ3v) is 3.70. The Hall–Kier alpha value is -1.35. The molecule has 0 fully saturated rings. The minimum atomic E-state index is -0.785. The molecule has 0 radical (unpaired) electrons. The SMILES string of the molecule is CCC(C)(C)N(C)Cc1ccc(CC(=O)O)cc1. The van der Waals surface area contributed by atoms with E-state index in [1.165, 1.54) is 5.56 Å². The summed E-state index contributed by atoms with van der Waals surface area (Å²) in [6.45, 7) is 7.53. The Morgan fingerprint density at radius 1 is 1.22 bits per heavy atom. The lowest BCUT2D eigenvalue weighted by Gasteiger charge is -2.34. The Morgan fingerprint density at radius 2 is 1.72 bits per heavy atom. The van der Waals surface area contributed by atoms with Crippen LogP contribution < -0.4 is 0 Å². The van der Waals surface area contributed by atoms with Crippen molar-refractivity contribution in [1.29, 1.82) is 0 Å². The molecule has 0 heterocycles. The van der Waals surface area contributed by atoms with Crippen LogP contribution in [0.4, 0.5) is 0 Å². The van der Waals surface area contributed by atoms with Gasteiger partial charge in [0, 0.05) is 12.1 Å². The summed E-state index contributed by atoms with van der Waals surface area (Å²) in [7, 11) is 2.12. The normalized spacial score (nSPS) is 11.8. The lowest BCUT2D eigenvalue weighted by Crippen LogP contribution is -2.39. The first-order chi connectivity index (χ1) is 8.35. The fourth-order valence-corrected chi connectivity index (χ4v) is 1.69. The molecule has 0 saturated carbocycles. The predicted molar refractivity (Wildman–Crippen MR) is 73.6 cm³/mol. The van der Waals surface area contributed by atoms with Gasteiger partial charge in [-0.2, -0.15) is 0 Å². The molecule has 0 aromatic heterocycles. The van der Waals surface area contributed by atoms with Crippen molar-refractivity contribution in [3.63, 3.8) is 0 Å². The second-order valence-corrected chi connectivity index (χ2v) is 5.41. The maximum Gasteiger partial charge on any atom is 0.307 e. The van der Waals surface area contributed by atoms with Crippen molar-refractivity contribution in [2.45, 2.75) is 45.7 Å². The van der Waals surface area contributed by atoms with E-state index in [0.717, 1.165) is 18.5 Å². The minimum Gasteiger partial charge on any atom is -0.481 e. The maximum atomic E-state index is 10.6. The van der Waals surface area contributed by atoms with Crippen LogP contribution in [0.25, 0.3) is 0 Å². The molecule has 18 heavy (non-hydrogen) atoms. The molecule has 0 amide bonds. The maximum absolute atomic E-state index is 10.6. The van der Waals surface area contributed by atoms with E-state index in [1.54, 1.807) is 0 Å². The van der Waals surface area contributed by atoms with Crippen LogP contribution in [0.1, 0.15) is 38.3 Å². The molecule has 0 saturated heterocycles. The quantitative estimate of drug-likeness (QED) is 0.842. The van der Waals surface area contributed by atoms with E-state index in [2.05, 4.69) is 32.7 Å². The van der Waals surface area contributed by atoms with E-state index >= 15 is 0 Å². The molecule has 0 aliphatic carbocycles. The fraction of sp³-hybridized carbons (Fsp3) is 0.533. The molecule has 0 aliphatic rings. The van der Waals surface area contributed by atoms with Crippen LogP contribution >= 0.6 is 0 Å². The standard InChI is InChI=1S/C15H23NO2/c1-5-15(2,3)16(4)11-13-8-6-12(7-9-13)10-14(17)18/h6-9H,5,10-11H2,1-4H3,(H,17,18). The number of carboxylic acid groups (broad SMARTS) is 1. The zero-order chi connectivity index (χ0) is 13.8. The predicted octanol–water partition coefficient (Wildman–Crippen LogP) is 2.93. The van der Waals surface area contributed by atoms with Gasteiger partial charge in [0.2, 0.25) is 0 Å². The van der Waals surface area contributed by atoms with Crippen LogP contribution in [0.3, 0.4) is 0 Å². The van der Waals surface area contributed by atoms with Gasteiger partial charge in [-0.25, -0.2) is 0 Å². The topological polar surface area (TPSA) is 40.5 Å². The Kier molecular flexibility index (Phi) is 4.91. The van der Waals surface area contributed by atoms with Gasteiger partial charge in [-0.3, -0.25) is 9.69 Å². The summed E-state index contributed by atoms with van der Waals surface area (Å²) in [5.74, 6) is -0.785. The molecule has 0 unspecified atom stereocenters. The first kappa shape index (κ1) is 14.7. The second kappa shape index (κ2) is 6.01. The highest BCUT2D eigenvalue weighted by molar-refractivity contribution is 5.70. The third kappa shape index (κ3) is 4.15. The fourth-order valence-electron chi connectivity index (χ4n) is 1.69. The highest BCUT2D eigenvalue weighted by Crippen LogP contribution is 2.19. The summed E-state index contributed by atoms with van der Waals surface area (Å²) in [6, 6.07) is 7.83. The van der Waals surface area contributed by atoms with Gasteiger partial charge in [0.1, 0.15) is 0 Å². The summed E-state index contributed by atoms with van der Waals surface area (Å²) in [6.07, 6.45) is 1.19. The molecular formula is C15H23NO2. The van der Waals surface area contributed by atoms with Crippen molar-refractivity contribution >= 4 is 5.97 Å². The van der Waals surface area contributed by atoms with E-state index < -0.39 is 5.97 Å². The first-order valence-electron chi connectivity index (χ1n) is 6.36. The number of hydrogen-bond donors (Lipinski definition) is 1. The van der Waals surface area contributed by atoms with Gasteiger partial charge in [0.15, 0.2) is 0 Å². The van der Waals surface area contributed by atoms with Crippen LogP contribution in [0.2, 0.25) is 0 Å². The van der Waals surface area contributed by atoms with Crippen LogP contribution in [-0.4, -0.2) is 28.6 Å². The van der Waals surface area contributed by atoms with Gasteiger partial charge in [-0.15, -0.1) is 0 Å². The molecule has 1 rings (SSSR count). The number of carboxylic acids is 1. The molecule has 100 valence electrons. The lowest BCUT2D eigenvalue weighted by atomic mass is 9.99. The second-order valence-electron chi connectivity index (χ2n) is 5.41. The van der Waals surface area contributed by atoms with E-state index in [9.17, 15) is 4.79 Å². The summed E-state index contributed by atoms with van der Waals surface area (Å²) >= 11 is 0. The molecule has 0 bridgehead atoms. The summed E-state index contributed by atoms with van der Waals surface area (Å²) in [4.78, 5) is 12.9. The Morgan fingerprint density at radius 3 is 2.17 bits per heavy atom. The van der Waals surface area contributed by atoms with Crippen LogP contribution in [0.5, 0.6) is 0 Å². The zero-order valence-corrected chi connectivity index (χ0v) is 11.7. The molecule has 1 N–H and O–H groups in total. The smallest absolute Gasteiger partial charge is 0.307 e. The Labute approximate surface area is 109 Å². The van der Waals surface area contributed by atoms with Crippen molar-refractivity contribution in [1.82, 2.24) is 4.90 Å². The van der Waals surface area contributed by atoms with Crippen LogP contribution in [-0.2, 0) is 17.8 Å². The van der Waals surface area contributed by atoms with Gasteiger partial charge in [-0.1, -0.05) is 31.2 Å². The number of rotatable bonds is 6. The van der Waals surface area contributed by atoms with Crippen molar-refractivity contribution in [3.8, 4) is 0 Å². The molecular weight excluding hydrogens is 226 g/mol. The summed E-state index contributed by atoms with van der Waals surface area (Å²) < 4.78 is 0. The minimum absolute atomic E-state index is 0.0938. The molecule has 0 aliphatic heterocycles. The van der Waals surface area contributed by atoms with Gasteiger partial charge >= 0.3 is 5.97 Å². The highest BCUT2D eigenvalue weighted by Gasteiger charge is 2.20. The van der Waals surface area contributed by atoms with Crippen molar-refractivity contribution in [3.05, 3.63) is 35.4 Å². The van der Waals surface area contributed by atoms with Crippen LogP contribution in [0.15, 0.2) is 24.3 Å². The number of nitrogens with zero attached hydrogens (tertiary/aromatic N) is 1. The molecule has 3 nitrogen and oxygen atoms in total. The van der Waals surface area contributed by atoms with E-state index in [4.69, 9.17) is 5.11 Å².